The number of piperidine rings is 2. The Morgan fingerprint density at radius 2 is 2.00 bits per heavy atom. The summed E-state index contributed by atoms with van der Waals surface area (Å²) in [5.41, 5.74) is 0.0634. The summed E-state index contributed by atoms with van der Waals surface area (Å²) in [5, 5.41) is 11.4. The molecule has 3 saturated heterocycles. The minimum absolute atomic E-state index is 0.0634. The maximum atomic E-state index is 13.0. The van der Waals surface area contributed by atoms with Gasteiger partial charge in [-0.15, -0.1) is 13.2 Å². The van der Waals surface area contributed by atoms with Crippen LogP contribution in [0.1, 0.15) is 32.6 Å². The molecular weight excluding hydrogens is 443 g/mol. The molecule has 0 saturated carbocycles. The summed E-state index contributed by atoms with van der Waals surface area (Å²) in [4.78, 5) is 40.4. The number of likely N-dealkylation sites (tertiary alicyclic amines) is 1. The van der Waals surface area contributed by atoms with Gasteiger partial charge in [-0.2, -0.15) is 0 Å². The zero-order chi connectivity index (χ0) is 23.8. The van der Waals surface area contributed by atoms with Crippen molar-refractivity contribution < 1.29 is 32.3 Å². The van der Waals surface area contributed by atoms with Crippen molar-refractivity contribution in [3.8, 4) is 5.75 Å². The molecule has 0 radical (unpaired) electrons. The Labute approximate surface area is 188 Å². The van der Waals surface area contributed by atoms with Crippen molar-refractivity contribution >= 4 is 23.4 Å². The number of fused-ring (bicyclic) bond motifs is 1. The van der Waals surface area contributed by atoms with Crippen LogP contribution in [0.4, 0.5) is 18.9 Å². The predicted octanol–water partition coefficient (Wildman–Crippen LogP) is 1.48. The van der Waals surface area contributed by atoms with Crippen LogP contribution in [-0.4, -0.2) is 54.0 Å². The van der Waals surface area contributed by atoms with E-state index in [2.05, 4.69) is 37.8 Å². The molecule has 4 N–H and O–H groups in total. The lowest BCUT2D eigenvalue weighted by Gasteiger charge is -2.48. The zero-order valence-corrected chi connectivity index (χ0v) is 17.9. The molecule has 9 nitrogen and oxygen atoms in total. The molecule has 12 heteroatoms. The number of hydrogen-bond acceptors (Lipinski definition) is 6. The van der Waals surface area contributed by atoms with E-state index in [0.717, 1.165) is 37.9 Å². The van der Waals surface area contributed by atoms with Gasteiger partial charge in [0.2, 0.25) is 17.7 Å². The Balaban J connectivity index is 1.47. The number of hydrogen-bond donors (Lipinski definition) is 4. The van der Waals surface area contributed by atoms with Crippen molar-refractivity contribution in [3.63, 3.8) is 0 Å². The van der Waals surface area contributed by atoms with Gasteiger partial charge in [-0.05, 0) is 31.9 Å². The number of carbonyl (C=O) groups excluding carboxylic acids is 3. The Kier molecular flexibility index (Phi) is 6.48. The van der Waals surface area contributed by atoms with Gasteiger partial charge in [-0.3, -0.25) is 24.6 Å². The molecule has 3 aliphatic heterocycles. The Morgan fingerprint density at radius 3 is 2.73 bits per heavy atom. The molecule has 5 atom stereocenters. The third-order valence-electron chi connectivity index (χ3n) is 6.29. The lowest BCUT2D eigenvalue weighted by Crippen LogP contribution is -2.75. The van der Waals surface area contributed by atoms with Gasteiger partial charge in [-0.25, -0.2) is 0 Å². The van der Waals surface area contributed by atoms with Crippen molar-refractivity contribution in [1.29, 1.82) is 0 Å². The quantitative estimate of drug-likeness (QED) is 0.532. The first kappa shape index (κ1) is 23.3. The van der Waals surface area contributed by atoms with Crippen molar-refractivity contribution in [2.24, 2.45) is 11.8 Å². The second-order valence-electron chi connectivity index (χ2n) is 8.61. The average Bonchev–Trinajstić information content (AvgIpc) is 2.72. The summed E-state index contributed by atoms with van der Waals surface area (Å²) in [6.07, 6.45) is -3.19. The molecule has 0 spiro atoms. The summed E-state index contributed by atoms with van der Waals surface area (Å²) < 4.78 is 41.3. The van der Waals surface area contributed by atoms with Crippen molar-refractivity contribution in [2.75, 3.05) is 11.9 Å². The fourth-order valence-corrected chi connectivity index (χ4v) is 4.75. The summed E-state index contributed by atoms with van der Waals surface area (Å²) in [5.74, 6) is -3.74. The topological polar surface area (TPSA) is 112 Å². The van der Waals surface area contributed by atoms with E-state index in [9.17, 15) is 27.6 Å². The minimum atomic E-state index is -4.87. The summed E-state index contributed by atoms with van der Waals surface area (Å²) >= 11 is 0. The minimum Gasteiger partial charge on any atom is -0.406 e. The van der Waals surface area contributed by atoms with E-state index in [1.54, 1.807) is 0 Å². The van der Waals surface area contributed by atoms with Crippen LogP contribution in [0, 0.1) is 11.8 Å². The number of carbonyl (C=O) groups is 3. The van der Waals surface area contributed by atoms with Crippen LogP contribution in [-0.2, 0) is 14.4 Å². The van der Waals surface area contributed by atoms with E-state index in [1.165, 1.54) is 12.1 Å². The molecule has 4 rings (SSSR count). The van der Waals surface area contributed by atoms with Gasteiger partial charge in [0.25, 0.3) is 0 Å². The number of rotatable bonds is 4. The molecule has 180 valence electrons. The zero-order valence-electron chi connectivity index (χ0n) is 17.9. The van der Waals surface area contributed by atoms with Gasteiger partial charge in [0.15, 0.2) is 0 Å². The number of benzene rings is 1. The maximum Gasteiger partial charge on any atom is 0.573 e. The Bertz CT molecular complexity index is 927. The fourth-order valence-electron chi connectivity index (χ4n) is 4.75. The van der Waals surface area contributed by atoms with Crippen LogP contribution in [0.25, 0.3) is 0 Å². The van der Waals surface area contributed by atoms with Crippen LogP contribution >= 0.6 is 0 Å². The summed E-state index contributed by atoms with van der Waals surface area (Å²) in [7, 11) is 0. The first-order valence-electron chi connectivity index (χ1n) is 10.9. The van der Waals surface area contributed by atoms with Crippen LogP contribution in [0.5, 0.6) is 5.75 Å². The van der Waals surface area contributed by atoms with Crippen molar-refractivity contribution in [1.82, 2.24) is 20.9 Å². The predicted molar refractivity (Wildman–Crippen MR) is 110 cm³/mol. The average molecular weight is 469 g/mol. The number of ether oxygens (including phenoxy) is 1. The first-order valence-corrected chi connectivity index (χ1v) is 10.9. The van der Waals surface area contributed by atoms with E-state index < -0.39 is 48.2 Å². The van der Waals surface area contributed by atoms with Crippen LogP contribution in [0.2, 0.25) is 0 Å². The first-order chi connectivity index (χ1) is 15.6. The van der Waals surface area contributed by atoms with E-state index in [4.69, 9.17) is 0 Å². The van der Waals surface area contributed by atoms with Gasteiger partial charge < -0.3 is 20.7 Å². The Hall–Kier alpha value is -2.86. The van der Waals surface area contributed by atoms with Crippen LogP contribution in [0.15, 0.2) is 24.3 Å². The number of nitrogens with zero attached hydrogens (tertiary/aromatic N) is 1. The molecule has 3 amide bonds. The molecule has 3 heterocycles. The maximum absolute atomic E-state index is 13.0. The normalized spacial score (nSPS) is 30.6. The van der Waals surface area contributed by atoms with Gasteiger partial charge in [0.1, 0.15) is 12.0 Å². The smallest absolute Gasteiger partial charge is 0.406 e. The van der Waals surface area contributed by atoms with E-state index in [1.807, 2.05) is 0 Å². The number of halogens is 3. The van der Waals surface area contributed by atoms with Gasteiger partial charge in [0, 0.05) is 30.8 Å². The van der Waals surface area contributed by atoms with E-state index >= 15 is 0 Å². The SMILES string of the molecule is CC1CCCCN1C1NC(=O)C2C(NC(=O)CC2C(=O)Nc2cccc(OC(F)(F)F)c2)N1. The van der Waals surface area contributed by atoms with Crippen LogP contribution in [0.3, 0.4) is 0 Å². The standard InChI is InChI=1S/C21H26F3N5O4/c1-11-5-2-3-8-29(11)20-27-17-16(19(32)28-20)14(10-15(30)26-17)18(31)25-12-6-4-7-13(9-12)33-21(22,23)24/h4,6-7,9,11,14,16-17,20,27H,2-3,5,8,10H2,1H3,(H,25,31)(H,26,30)(H,28,32). The van der Waals surface area contributed by atoms with Crippen molar-refractivity contribution in [3.05, 3.63) is 24.3 Å². The molecule has 1 aromatic carbocycles. The molecule has 0 bridgehead atoms. The van der Waals surface area contributed by atoms with Crippen molar-refractivity contribution in [2.45, 2.75) is 57.5 Å². The number of alkyl halides is 3. The molecule has 0 aromatic heterocycles. The second kappa shape index (κ2) is 9.18. The highest BCUT2D eigenvalue weighted by Gasteiger charge is 2.49. The monoisotopic (exact) mass is 469 g/mol. The van der Waals surface area contributed by atoms with Crippen LogP contribution < -0.4 is 26.0 Å². The highest BCUT2D eigenvalue weighted by Crippen LogP contribution is 2.30. The summed E-state index contributed by atoms with van der Waals surface area (Å²) in [6, 6.07) is 5.07. The number of amides is 3. The van der Waals surface area contributed by atoms with Gasteiger partial charge in [-0.1, -0.05) is 12.5 Å². The fraction of sp³-hybridized carbons (Fsp3) is 0.571. The molecular formula is C21H26F3N5O4. The molecule has 0 aliphatic carbocycles. The molecule has 5 unspecified atom stereocenters. The summed E-state index contributed by atoms with van der Waals surface area (Å²) in [6.45, 7) is 2.87. The molecule has 1 aromatic rings. The third-order valence-corrected chi connectivity index (χ3v) is 6.29. The molecule has 3 fully saturated rings. The van der Waals surface area contributed by atoms with Gasteiger partial charge in [0.05, 0.1) is 18.0 Å². The highest BCUT2D eigenvalue weighted by atomic mass is 19.4. The Morgan fingerprint density at radius 1 is 1.21 bits per heavy atom. The van der Waals surface area contributed by atoms with Gasteiger partial charge >= 0.3 is 6.36 Å². The van der Waals surface area contributed by atoms with E-state index in [-0.39, 0.29) is 24.1 Å². The molecule has 3 aliphatic rings. The van der Waals surface area contributed by atoms with E-state index in [0.29, 0.717) is 0 Å². The number of anilines is 1. The number of nitrogens with one attached hydrogen (secondary N) is 4. The third kappa shape index (κ3) is 5.38. The molecule has 33 heavy (non-hydrogen) atoms. The largest absolute Gasteiger partial charge is 0.573 e. The second-order valence-corrected chi connectivity index (χ2v) is 8.61. The lowest BCUT2D eigenvalue weighted by molar-refractivity contribution is -0.274. The highest BCUT2D eigenvalue weighted by molar-refractivity contribution is 6.00. The lowest BCUT2D eigenvalue weighted by atomic mass is 9.81.